The molecule has 0 aliphatic carbocycles. The van der Waals surface area contributed by atoms with E-state index in [9.17, 15) is 0 Å². The van der Waals surface area contributed by atoms with Gasteiger partial charge in [-0.1, -0.05) is 47.5 Å². The largest absolute Gasteiger partial charge is 0.381 e. The van der Waals surface area contributed by atoms with Gasteiger partial charge >= 0.3 is 0 Å². The van der Waals surface area contributed by atoms with E-state index in [-0.39, 0.29) is 5.92 Å². The molecular weight excluding hydrogens is 307 g/mol. The van der Waals surface area contributed by atoms with Crippen molar-refractivity contribution in [2.24, 2.45) is 0 Å². The van der Waals surface area contributed by atoms with Crippen molar-refractivity contribution < 1.29 is 4.74 Å². The summed E-state index contributed by atoms with van der Waals surface area (Å²) in [7, 11) is 0. The fourth-order valence-corrected chi connectivity index (χ4v) is 3.23. The SMILES string of the molecule is Cc1ccccc1-c1c(Cl)nc(C2CCCOC2)nc1Cl. The van der Waals surface area contributed by atoms with Crippen molar-refractivity contribution >= 4 is 23.2 Å². The molecule has 0 radical (unpaired) electrons. The molecular formula is C16H16Cl2N2O. The number of hydrogen-bond donors (Lipinski definition) is 0. The highest BCUT2D eigenvalue weighted by atomic mass is 35.5. The quantitative estimate of drug-likeness (QED) is 0.755. The highest BCUT2D eigenvalue weighted by Crippen LogP contribution is 2.36. The van der Waals surface area contributed by atoms with Crippen LogP contribution in [0.3, 0.4) is 0 Å². The van der Waals surface area contributed by atoms with Crippen LogP contribution < -0.4 is 0 Å². The Bertz CT molecular complexity index is 631. The predicted octanol–water partition coefficient (Wildman–Crippen LogP) is 4.65. The maximum Gasteiger partial charge on any atom is 0.142 e. The van der Waals surface area contributed by atoms with Crippen molar-refractivity contribution in [3.05, 3.63) is 46.0 Å². The van der Waals surface area contributed by atoms with Crippen molar-refractivity contribution in [3.8, 4) is 11.1 Å². The monoisotopic (exact) mass is 322 g/mol. The van der Waals surface area contributed by atoms with Gasteiger partial charge in [0.05, 0.1) is 12.2 Å². The Kier molecular flexibility index (Phi) is 4.43. The highest BCUT2D eigenvalue weighted by molar-refractivity contribution is 6.37. The first-order chi connectivity index (χ1) is 10.2. The van der Waals surface area contributed by atoms with E-state index in [1.165, 1.54) is 0 Å². The Labute approximate surface area is 134 Å². The molecule has 1 atom stereocenters. The van der Waals surface area contributed by atoms with Gasteiger partial charge in [0.2, 0.25) is 0 Å². The van der Waals surface area contributed by atoms with E-state index in [0.717, 1.165) is 30.6 Å². The first-order valence-electron chi connectivity index (χ1n) is 7.03. The average Bonchev–Trinajstić information content (AvgIpc) is 2.49. The summed E-state index contributed by atoms with van der Waals surface area (Å²) < 4.78 is 5.48. The molecule has 0 spiro atoms. The molecule has 2 heterocycles. The summed E-state index contributed by atoms with van der Waals surface area (Å²) in [6.45, 7) is 3.46. The lowest BCUT2D eigenvalue weighted by Gasteiger charge is -2.21. The molecule has 21 heavy (non-hydrogen) atoms. The molecule has 0 amide bonds. The van der Waals surface area contributed by atoms with Crippen LogP contribution >= 0.6 is 23.2 Å². The Morgan fingerprint density at radius 1 is 1.14 bits per heavy atom. The van der Waals surface area contributed by atoms with E-state index in [1.54, 1.807) is 0 Å². The summed E-state index contributed by atoms with van der Waals surface area (Å²) >= 11 is 12.8. The molecule has 1 fully saturated rings. The van der Waals surface area contributed by atoms with E-state index in [0.29, 0.717) is 28.3 Å². The molecule has 110 valence electrons. The normalized spacial score (nSPS) is 18.7. The maximum absolute atomic E-state index is 6.38. The number of rotatable bonds is 2. The number of halogens is 2. The van der Waals surface area contributed by atoms with E-state index < -0.39 is 0 Å². The van der Waals surface area contributed by atoms with E-state index in [2.05, 4.69) is 9.97 Å². The van der Waals surface area contributed by atoms with Crippen molar-refractivity contribution in [3.63, 3.8) is 0 Å². The number of ether oxygens (including phenoxy) is 1. The molecule has 0 bridgehead atoms. The van der Waals surface area contributed by atoms with Crippen LogP contribution in [-0.2, 0) is 4.74 Å². The van der Waals surface area contributed by atoms with Gasteiger partial charge in [0.15, 0.2) is 0 Å². The second-order valence-corrected chi connectivity index (χ2v) is 5.98. The second-order valence-electron chi connectivity index (χ2n) is 5.27. The molecule has 1 unspecified atom stereocenters. The minimum absolute atomic E-state index is 0.180. The van der Waals surface area contributed by atoms with Crippen LogP contribution in [0.1, 0.15) is 30.1 Å². The molecule has 3 nitrogen and oxygen atoms in total. The number of benzene rings is 1. The molecule has 0 N–H and O–H groups in total. The molecule has 0 saturated carbocycles. The lowest BCUT2D eigenvalue weighted by atomic mass is 10.0. The van der Waals surface area contributed by atoms with Crippen LogP contribution in [0.2, 0.25) is 10.3 Å². The molecule has 1 aromatic heterocycles. The molecule has 3 rings (SSSR count). The molecule has 1 aromatic carbocycles. The summed E-state index contributed by atoms with van der Waals surface area (Å²) in [5, 5.41) is 0.815. The zero-order valence-electron chi connectivity index (χ0n) is 11.8. The fourth-order valence-electron chi connectivity index (χ4n) is 2.63. The van der Waals surface area contributed by atoms with Gasteiger partial charge in [0, 0.05) is 12.5 Å². The van der Waals surface area contributed by atoms with Crippen molar-refractivity contribution in [1.29, 1.82) is 0 Å². The lowest BCUT2D eigenvalue weighted by Crippen LogP contribution is -2.18. The third kappa shape index (κ3) is 3.05. The van der Waals surface area contributed by atoms with Crippen LogP contribution in [0.4, 0.5) is 0 Å². The third-order valence-electron chi connectivity index (χ3n) is 3.78. The predicted molar refractivity (Wildman–Crippen MR) is 85.0 cm³/mol. The summed E-state index contributed by atoms with van der Waals surface area (Å²) in [5.41, 5.74) is 2.77. The van der Waals surface area contributed by atoms with Crippen molar-refractivity contribution in [2.45, 2.75) is 25.7 Å². The summed E-state index contributed by atoms with van der Waals surface area (Å²) in [4.78, 5) is 8.93. The number of hydrogen-bond acceptors (Lipinski definition) is 3. The molecule has 1 aliphatic rings. The smallest absolute Gasteiger partial charge is 0.142 e. The van der Waals surface area contributed by atoms with Gasteiger partial charge in [-0.25, -0.2) is 9.97 Å². The lowest BCUT2D eigenvalue weighted by molar-refractivity contribution is 0.0780. The molecule has 2 aromatic rings. The van der Waals surface area contributed by atoms with Crippen LogP contribution in [0.5, 0.6) is 0 Å². The Hall–Kier alpha value is -1.16. The van der Waals surface area contributed by atoms with Gasteiger partial charge in [0.1, 0.15) is 16.1 Å². The Morgan fingerprint density at radius 2 is 1.86 bits per heavy atom. The van der Waals surface area contributed by atoms with Gasteiger partial charge in [-0.05, 0) is 30.9 Å². The first-order valence-corrected chi connectivity index (χ1v) is 7.79. The average molecular weight is 323 g/mol. The van der Waals surface area contributed by atoms with Gasteiger partial charge in [-0.3, -0.25) is 0 Å². The van der Waals surface area contributed by atoms with E-state index in [4.69, 9.17) is 27.9 Å². The maximum atomic E-state index is 6.38. The van der Waals surface area contributed by atoms with Crippen molar-refractivity contribution in [1.82, 2.24) is 9.97 Å². The summed E-state index contributed by atoms with van der Waals surface area (Å²) in [5.74, 6) is 0.863. The van der Waals surface area contributed by atoms with Gasteiger partial charge in [-0.15, -0.1) is 0 Å². The molecule has 1 aliphatic heterocycles. The number of nitrogens with zero attached hydrogens (tertiary/aromatic N) is 2. The molecule has 1 saturated heterocycles. The molecule has 5 heteroatoms. The fraction of sp³-hybridized carbons (Fsp3) is 0.375. The zero-order valence-corrected chi connectivity index (χ0v) is 13.3. The zero-order chi connectivity index (χ0) is 14.8. The Morgan fingerprint density at radius 3 is 2.48 bits per heavy atom. The topological polar surface area (TPSA) is 35.0 Å². The van der Waals surface area contributed by atoms with E-state index in [1.807, 2.05) is 31.2 Å². The Balaban J connectivity index is 2.02. The van der Waals surface area contributed by atoms with Crippen LogP contribution in [-0.4, -0.2) is 23.2 Å². The summed E-state index contributed by atoms with van der Waals surface area (Å²) in [6, 6.07) is 7.94. The highest BCUT2D eigenvalue weighted by Gasteiger charge is 2.22. The van der Waals surface area contributed by atoms with Crippen LogP contribution in [0.25, 0.3) is 11.1 Å². The number of aryl methyl sites for hydroxylation is 1. The van der Waals surface area contributed by atoms with Gasteiger partial charge in [0.25, 0.3) is 0 Å². The second kappa shape index (κ2) is 6.30. The standard InChI is InChI=1S/C16H16Cl2N2O/c1-10-5-2-3-7-12(10)13-14(17)19-16(20-15(13)18)11-6-4-8-21-9-11/h2-3,5,7,11H,4,6,8-9H2,1H3. The van der Waals surface area contributed by atoms with E-state index >= 15 is 0 Å². The first kappa shape index (κ1) is 14.8. The van der Waals surface area contributed by atoms with Gasteiger partial charge in [-0.2, -0.15) is 0 Å². The third-order valence-corrected chi connectivity index (χ3v) is 4.32. The van der Waals surface area contributed by atoms with Crippen molar-refractivity contribution in [2.75, 3.05) is 13.2 Å². The summed E-state index contributed by atoms with van der Waals surface area (Å²) in [6.07, 6.45) is 2.03. The van der Waals surface area contributed by atoms with Gasteiger partial charge < -0.3 is 4.74 Å². The minimum Gasteiger partial charge on any atom is -0.381 e. The number of aromatic nitrogens is 2. The minimum atomic E-state index is 0.180. The van der Waals surface area contributed by atoms with Crippen LogP contribution in [0.15, 0.2) is 24.3 Å². The van der Waals surface area contributed by atoms with Crippen LogP contribution in [0, 0.1) is 6.92 Å².